The van der Waals surface area contributed by atoms with Crippen LogP contribution in [0.5, 0.6) is 11.5 Å². The van der Waals surface area contributed by atoms with Crippen molar-refractivity contribution < 1.29 is 19.1 Å². The van der Waals surface area contributed by atoms with Gasteiger partial charge in [-0.25, -0.2) is 0 Å². The van der Waals surface area contributed by atoms with Crippen molar-refractivity contribution in [2.75, 3.05) is 11.9 Å². The number of nitrogens with one attached hydrogen (secondary N) is 1. The molecule has 5 nitrogen and oxygen atoms in total. The molecule has 2 aromatic rings. The highest BCUT2D eigenvalue weighted by Crippen LogP contribution is 2.26. The second-order valence-corrected chi connectivity index (χ2v) is 6.08. The number of anilines is 1. The fraction of sp³-hybridized carbons (Fsp3) is 0.300. The molecule has 0 aliphatic heterocycles. The van der Waals surface area contributed by atoms with Crippen LogP contribution in [-0.4, -0.2) is 18.5 Å². The van der Waals surface area contributed by atoms with Crippen LogP contribution >= 0.6 is 0 Å². The fourth-order valence-electron chi connectivity index (χ4n) is 2.84. The average Bonchev–Trinajstić information content (AvgIpc) is 3.17. The van der Waals surface area contributed by atoms with Gasteiger partial charge >= 0.3 is 5.97 Å². The van der Waals surface area contributed by atoms with E-state index in [0.717, 1.165) is 31.4 Å². The molecule has 0 heterocycles. The molecule has 0 aromatic heterocycles. The van der Waals surface area contributed by atoms with E-state index in [2.05, 4.69) is 5.32 Å². The zero-order chi connectivity index (χ0) is 17.5. The monoisotopic (exact) mass is 339 g/mol. The lowest BCUT2D eigenvalue weighted by atomic mass is 10.1. The molecule has 0 atom stereocenters. The molecule has 0 saturated heterocycles. The third-order valence-corrected chi connectivity index (χ3v) is 4.15. The zero-order valence-electron chi connectivity index (χ0n) is 13.9. The molecule has 0 unspecified atom stereocenters. The second-order valence-electron chi connectivity index (χ2n) is 6.08. The minimum atomic E-state index is -0.344. The number of carbonyl (C=O) groups is 2. The molecule has 25 heavy (non-hydrogen) atoms. The summed E-state index contributed by atoms with van der Waals surface area (Å²) in [4.78, 5) is 23.7. The van der Waals surface area contributed by atoms with Crippen LogP contribution < -0.4 is 10.1 Å². The molecule has 3 rings (SSSR count). The van der Waals surface area contributed by atoms with Crippen molar-refractivity contribution in [1.82, 2.24) is 0 Å². The molecule has 1 saturated carbocycles. The summed E-state index contributed by atoms with van der Waals surface area (Å²) in [5.41, 5.74) is 0.627. The molecular formula is C20H21NO4. The van der Waals surface area contributed by atoms with Crippen molar-refractivity contribution in [2.45, 2.75) is 25.7 Å². The number of benzene rings is 2. The molecule has 2 aromatic carbocycles. The SMILES string of the molecule is O=C(COC(=O)C1CCCC1)Nc1ccc(Oc2ccccc2)cc1. The highest BCUT2D eigenvalue weighted by atomic mass is 16.5. The second kappa shape index (κ2) is 8.33. The molecule has 1 aliphatic rings. The molecule has 1 fully saturated rings. The number of rotatable bonds is 6. The first-order valence-corrected chi connectivity index (χ1v) is 8.50. The molecule has 0 radical (unpaired) electrons. The van der Waals surface area contributed by atoms with Crippen LogP contribution in [0, 0.1) is 5.92 Å². The van der Waals surface area contributed by atoms with Gasteiger partial charge in [0.1, 0.15) is 11.5 Å². The van der Waals surface area contributed by atoms with E-state index < -0.39 is 0 Å². The molecule has 130 valence electrons. The maximum Gasteiger partial charge on any atom is 0.309 e. The van der Waals surface area contributed by atoms with Crippen LogP contribution in [0.3, 0.4) is 0 Å². The Hall–Kier alpha value is -2.82. The molecular weight excluding hydrogens is 318 g/mol. The lowest BCUT2D eigenvalue weighted by Gasteiger charge is -2.10. The van der Waals surface area contributed by atoms with E-state index in [1.807, 2.05) is 30.3 Å². The number of ether oxygens (including phenoxy) is 2. The first-order chi connectivity index (χ1) is 12.2. The summed E-state index contributed by atoms with van der Waals surface area (Å²) < 4.78 is 10.8. The topological polar surface area (TPSA) is 64.6 Å². The Bertz CT molecular complexity index is 706. The minimum absolute atomic E-state index is 0.0396. The Labute approximate surface area is 147 Å². The van der Waals surface area contributed by atoms with Crippen LogP contribution in [0.1, 0.15) is 25.7 Å². The highest BCUT2D eigenvalue weighted by molar-refractivity contribution is 5.92. The van der Waals surface area contributed by atoms with E-state index >= 15 is 0 Å². The summed E-state index contributed by atoms with van der Waals surface area (Å²) >= 11 is 0. The van der Waals surface area contributed by atoms with E-state index in [4.69, 9.17) is 9.47 Å². The zero-order valence-corrected chi connectivity index (χ0v) is 13.9. The number of hydrogen-bond donors (Lipinski definition) is 1. The van der Waals surface area contributed by atoms with Crippen molar-refractivity contribution in [3.8, 4) is 11.5 Å². The largest absolute Gasteiger partial charge is 0.457 e. The number of para-hydroxylation sites is 1. The lowest BCUT2D eigenvalue weighted by molar-refractivity contribution is -0.151. The third kappa shape index (κ3) is 5.08. The number of amides is 1. The van der Waals surface area contributed by atoms with Gasteiger partial charge in [0.2, 0.25) is 0 Å². The quantitative estimate of drug-likeness (QED) is 0.803. The van der Waals surface area contributed by atoms with Crippen molar-refractivity contribution in [3.05, 3.63) is 54.6 Å². The van der Waals surface area contributed by atoms with E-state index in [9.17, 15) is 9.59 Å². The summed E-state index contributed by atoms with van der Waals surface area (Å²) in [6.45, 7) is -0.252. The summed E-state index contributed by atoms with van der Waals surface area (Å²) in [7, 11) is 0. The van der Waals surface area contributed by atoms with Gasteiger partial charge in [0.05, 0.1) is 5.92 Å². The van der Waals surface area contributed by atoms with Crippen molar-refractivity contribution in [1.29, 1.82) is 0 Å². The van der Waals surface area contributed by atoms with Crippen LogP contribution in [-0.2, 0) is 14.3 Å². The van der Waals surface area contributed by atoms with E-state index in [1.165, 1.54) is 0 Å². The molecule has 1 N–H and O–H groups in total. The average molecular weight is 339 g/mol. The Morgan fingerprint density at radius 2 is 1.56 bits per heavy atom. The summed E-state index contributed by atoms with van der Waals surface area (Å²) in [5.74, 6) is 0.777. The Kier molecular flexibility index (Phi) is 5.67. The van der Waals surface area contributed by atoms with Crippen LogP contribution in [0.2, 0.25) is 0 Å². The first-order valence-electron chi connectivity index (χ1n) is 8.50. The molecule has 1 aliphatic carbocycles. The number of esters is 1. The predicted octanol–water partition coefficient (Wildman–Crippen LogP) is 4.15. The van der Waals surface area contributed by atoms with E-state index in [-0.39, 0.29) is 24.4 Å². The van der Waals surface area contributed by atoms with Gasteiger partial charge < -0.3 is 14.8 Å². The van der Waals surface area contributed by atoms with E-state index in [1.54, 1.807) is 24.3 Å². The van der Waals surface area contributed by atoms with Gasteiger partial charge in [0.25, 0.3) is 5.91 Å². The highest BCUT2D eigenvalue weighted by Gasteiger charge is 2.24. The summed E-state index contributed by atoms with van der Waals surface area (Å²) in [5, 5.41) is 2.71. The smallest absolute Gasteiger partial charge is 0.309 e. The van der Waals surface area contributed by atoms with Crippen LogP contribution in [0.25, 0.3) is 0 Å². The molecule has 0 spiro atoms. The van der Waals surface area contributed by atoms with Crippen LogP contribution in [0.4, 0.5) is 5.69 Å². The normalized spacial score (nSPS) is 14.1. The lowest BCUT2D eigenvalue weighted by Crippen LogP contribution is -2.23. The maximum absolute atomic E-state index is 11.9. The molecule has 5 heteroatoms. The van der Waals surface area contributed by atoms with E-state index in [0.29, 0.717) is 11.4 Å². The van der Waals surface area contributed by atoms with Gasteiger partial charge in [-0.3, -0.25) is 9.59 Å². The fourth-order valence-corrected chi connectivity index (χ4v) is 2.84. The van der Waals surface area contributed by atoms with Gasteiger partial charge in [-0.15, -0.1) is 0 Å². The van der Waals surface area contributed by atoms with Gasteiger partial charge in [-0.05, 0) is 49.2 Å². The van der Waals surface area contributed by atoms with Crippen molar-refractivity contribution in [2.24, 2.45) is 5.92 Å². The molecule has 0 bridgehead atoms. The molecule has 1 amide bonds. The van der Waals surface area contributed by atoms with Gasteiger partial charge in [-0.2, -0.15) is 0 Å². The predicted molar refractivity (Wildman–Crippen MR) is 94.5 cm³/mol. The summed E-state index contributed by atoms with van der Waals surface area (Å²) in [6, 6.07) is 16.5. The standard InChI is InChI=1S/C20H21NO4/c22-19(14-24-20(23)15-6-4-5-7-15)21-16-10-12-18(13-11-16)25-17-8-2-1-3-9-17/h1-3,8-13,15H,4-7,14H2,(H,21,22). The van der Waals surface area contributed by atoms with Crippen LogP contribution in [0.15, 0.2) is 54.6 Å². The van der Waals surface area contributed by atoms with Gasteiger partial charge in [0, 0.05) is 5.69 Å². The summed E-state index contributed by atoms with van der Waals surface area (Å²) in [6.07, 6.45) is 3.85. The first kappa shape index (κ1) is 17.0. The Morgan fingerprint density at radius 1 is 0.920 bits per heavy atom. The Morgan fingerprint density at radius 3 is 2.24 bits per heavy atom. The third-order valence-electron chi connectivity index (χ3n) is 4.15. The van der Waals surface area contributed by atoms with Gasteiger partial charge in [-0.1, -0.05) is 31.0 Å². The maximum atomic E-state index is 11.9. The minimum Gasteiger partial charge on any atom is -0.457 e. The van der Waals surface area contributed by atoms with Gasteiger partial charge in [0.15, 0.2) is 6.61 Å². The van der Waals surface area contributed by atoms with Crippen molar-refractivity contribution >= 4 is 17.6 Å². The number of hydrogen-bond acceptors (Lipinski definition) is 4. The Balaban J connectivity index is 1.46. The van der Waals surface area contributed by atoms with Crippen molar-refractivity contribution in [3.63, 3.8) is 0 Å². The number of carbonyl (C=O) groups excluding carboxylic acids is 2.